The van der Waals surface area contributed by atoms with E-state index in [1.807, 2.05) is 0 Å². The topological polar surface area (TPSA) is 237 Å². The van der Waals surface area contributed by atoms with Gasteiger partial charge in [-0.3, -0.25) is 37.3 Å². The second-order valence-corrected chi connectivity index (χ2v) is 29.4. The van der Waals surface area contributed by atoms with Gasteiger partial charge in [0.1, 0.15) is 19.3 Å². The van der Waals surface area contributed by atoms with Crippen molar-refractivity contribution in [1.82, 2.24) is 0 Å². The Morgan fingerprint density at radius 1 is 0.363 bits per heavy atom. The van der Waals surface area contributed by atoms with E-state index in [-0.39, 0.29) is 25.7 Å². The summed E-state index contributed by atoms with van der Waals surface area (Å²) in [6.07, 6.45) is 49.5. The van der Waals surface area contributed by atoms with E-state index in [9.17, 15) is 43.2 Å². The second-order valence-electron chi connectivity index (χ2n) is 26.5. The first-order valence-corrected chi connectivity index (χ1v) is 39.7. The maximum absolute atomic E-state index is 13.0. The molecule has 536 valence electrons. The van der Waals surface area contributed by atoms with E-state index < -0.39 is 97.5 Å². The first kappa shape index (κ1) is 88.5. The van der Waals surface area contributed by atoms with Crippen molar-refractivity contribution in [2.24, 2.45) is 17.8 Å². The summed E-state index contributed by atoms with van der Waals surface area (Å²) in [5, 5.41) is 10.6. The Hall–Kier alpha value is -2.46. The Morgan fingerprint density at radius 3 is 0.978 bits per heavy atom. The van der Waals surface area contributed by atoms with Gasteiger partial charge in [0.25, 0.3) is 0 Å². The largest absolute Gasteiger partial charge is 0.472 e. The number of carbonyl (C=O) groups is 4. The van der Waals surface area contributed by atoms with Gasteiger partial charge in [-0.2, -0.15) is 0 Å². The Kier molecular flexibility index (Phi) is 60.7. The molecular weight excluding hydrogens is 1200 g/mol. The number of hydrogen-bond donors (Lipinski definition) is 3. The SMILES string of the molecule is CCCCCC/C=C\C=C/CCCCCCCC(=O)OC[C@H](COP(=O)(O)OC[C@@H](O)COP(=O)(O)OC[C@@H](COC(=O)CCCCCCCCC(C)C)OC(=O)CCCCCCCCCCC(C)CC)OC(=O)CCCCCCCCCCCCCCC(C)C. The number of aliphatic hydroxyl groups is 1. The Labute approximate surface area is 554 Å². The predicted octanol–water partition coefficient (Wildman–Crippen LogP) is 20.2. The number of hydrogen-bond acceptors (Lipinski definition) is 15. The highest BCUT2D eigenvalue weighted by atomic mass is 31.2. The van der Waals surface area contributed by atoms with Crippen LogP contribution in [-0.2, 0) is 65.4 Å². The van der Waals surface area contributed by atoms with Crippen molar-refractivity contribution in [3.05, 3.63) is 24.3 Å². The van der Waals surface area contributed by atoms with Crippen molar-refractivity contribution in [2.45, 2.75) is 356 Å². The summed E-state index contributed by atoms with van der Waals surface area (Å²) in [4.78, 5) is 72.6. The average Bonchev–Trinajstić information content (AvgIpc) is 3.64. The van der Waals surface area contributed by atoms with Crippen LogP contribution in [-0.4, -0.2) is 96.7 Å². The van der Waals surface area contributed by atoms with Crippen LogP contribution in [0, 0.1) is 17.8 Å². The molecule has 3 unspecified atom stereocenters. The van der Waals surface area contributed by atoms with Gasteiger partial charge in [0.05, 0.1) is 26.4 Å². The van der Waals surface area contributed by atoms with Gasteiger partial charge in [-0.1, -0.05) is 285 Å². The Bertz CT molecular complexity index is 1880. The Balaban J connectivity index is 5.29. The summed E-state index contributed by atoms with van der Waals surface area (Å²) in [5.41, 5.74) is 0. The zero-order valence-electron chi connectivity index (χ0n) is 58.8. The summed E-state index contributed by atoms with van der Waals surface area (Å²) in [7, 11) is -9.92. The molecule has 0 radical (unpaired) electrons. The third-order valence-electron chi connectivity index (χ3n) is 16.4. The number of esters is 4. The van der Waals surface area contributed by atoms with Crippen molar-refractivity contribution < 1.29 is 80.2 Å². The summed E-state index contributed by atoms with van der Waals surface area (Å²) in [6.45, 7) is 11.7. The van der Waals surface area contributed by atoms with Crippen LogP contribution in [0.3, 0.4) is 0 Å². The number of carbonyl (C=O) groups excluding carboxylic acids is 4. The zero-order chi connectivity index (χ0) is 67.3. The molecule has 0 saturated heterocycles. The van der Waals surface area contributed by atoms with Gasteiger partial charge >= 0.3 is 39.5 Å². The highest BCUT2D eigenvalue weighted by Crippen LogP contribution is 2.45. The van der Waals surface area contributed by atoms with Crippen molar-refractivity contribution in [1.29, 1.82) is 0 Å². The minimum atomic E-state index is -4.96. The lowest BCUT2D eigenvalue weighted by Crippen LogP contribution is -2.30. The molecule has 0 saturated carbocycles. The third kappa shape index (κ3) is 64.6. The molecule has 0 fully saturated rings. The van der Waals surface area contributed by atoms with Gasteiger partial charge in [0.2, 0.25) is 0 Å². The van der Waals surface area contributed by atoms with Crippen molar-refractivity contribution in [3.63, 3.8) is 0 Å². The van der Waals surface area contributed by atoms with Gasteiger partial charge in [0, 0.05) is 25.7 Å². The standard InChI is InChI=1S/C72H136O17P2/c1-8-10-11-12-13-14-15-16-17-18-22-25-31-39-46-53-69(74)82-59-67(88-71(76)55-48-41-32-26-23-20-19-21-24-29-36-43-50-63(3)4)61-86-90(78,79)84-57-66(73)58-85-91(80,81)87-62-68(60-83-70(75)54-47-40-35-34-37-44-51-64(5)6)89-72(77)56-49-42-33-28-27-30-38-45-52-65(7)9-2/h14-17,63-68,73H,8-13,18-62H2,1-7H3,(H,78,79)(H,80,81)/b15-14-,17-16-/t65?,66-,67-,68-/m1/s1. The van der Waals surface area contributed by atoms with Crippen LogP contribution in [0.2, 0.25) is 0 Å². The highest BCUT2D eigenvalue weighted by molar-refractivity contribution is 7.47. The lowest BCUT2D eigenvalue weighted by atomic mass is 9.99. The molecule has 0 aromatic rings. The molecule has 0 bridgehead atoms. The maximum Gasteiger partial charge on any atom is 0.472 e. The molecule has 0 aliphatic carbocycles. The van der Waals surface area contributed by atoms with Gasteiger partial charge in [0.15, 0.2) is 12.2 Å². The lowest BCUT2D eigenvalue weighted by Gasteiger charge is -2.21. The summed E-state index contributed by atoms with van der Waals surface area (Å²) in [5.74, 6) is 0.0626. The number of phosphoric ester groups is 2. The fraction of sp³-hybridized carbons (Fsp3) is 0.889. The van der Waals surface area contributed by atoms with E-state index in [0.717, 1.165) is 127 Å². The number of allylic oxidation sites excluding steroid dienone is 4. The smallest absolute Gasteiger partial charge is 0.462 e. The van der Waals surface area contributed by atoms with E-state index >= 15 is 0 Å². The highest BCUT2D eigenvalue weighted by Gasteiger charge is 2.30. The third-order valence-corrected chi connectivity index (χ3v) is 18.3. The quantitative estimate of drug-likeness (QED) is 0.0169. The number of unbranched alkanes of at least 4 members (excludes halogenated alkanes) is 32. The molecule has 3 N–H and O–H groups in total. The number of rotatable bonds is 68. The molecule has 17 nitrogen and oxygen atoms in total. The monoisotopic (exact) mass is 1330 g/mol. The minimum absolute atomic E-state index is 0.0994. The number of phosphoric acid groups is 2. The molecule has 0 rings (SSSR count). The predicted molar refractivity (Wildman–Crippen MR) is 367 cm³/mol. The summed E-state index contributed by atoms with van der Waals surface area (Å²) in [6, 6.07) is 0. The minimum Gasteiger partial charge on any atom is -0.462 e. The normalized spacial score (nSPS) is 14.6. The van der Waals surface area contributed by atoms with Crippen LogP contribution in [0.1, 0.15) is 337 Å². The molecule has 19 heteroatoms. The van der Waals surface area contributed by atoms with Crippen LogP contribution in [0.15, 0.2) is 24.3 Å². The van der Waals surface area contributed by atoms with E-state index in [4.69, 9.17) is 37.0 Å². The van der Waals surface area contributed by atoms with Crippen molar-refractivity contribution in [3.8, 4) is 0 Å². The molecule has 91 heavy (non-hydrogen) atoms. The average molecular weight is 1340 g/mol. The molecule has 0 aliphatic heterocycles. The van der Waals surface area contributed by atoms with E-state index in [0.29, 0.717) is 31.6 Å². The van der Waals surface area contributed by atoms with E-state index in [1.54, 1.807) is 0 Å². The van der Waals surface area contributed by atoms with Gasteiger partial charge in [-0.05, 0) is 69.1 Å². The van der Waals surface area contributed by atoms with Crippen LogP contribution in [0.25, 0.3) is 0 Å². The van der Waals surface area contributed by atoms with Crippen LogP contribution in [0.4, 0.5) is 0 Å². The molecular formula is C72H136O17P2. The number of ether oxygens (including phenoxy) is 4. The van der Waals surface area contributed by atoms with Gasteiger partial charge in [-0.15, -0.1) is 0 Å². The molecule has 0 heterocycles. The summed E-state index contributed by atoms with van der Waals surface area (Å²) < 4.78 is 68.3. The van der Waals surface area contributed by atoms with Crippen LogP contribution >= 0.6 is 15.6 Å². The van der Waals surface area contributed by atoms with E-state index in [1.165, 1.54) is 122 Å². The summed E-state index contributed by atoms with van der Waals surface area (Å²) >= 11 is 0. The fourth-order valence-electron chi connectivity index (χ4n) is 10.3. The maximum atomic E-state index is 13.0. The first-order valence-electron chi connectivity index (χ1n) is 36.7. The lowest BCUT2D eigenvalue weighted by molar-refractivity contribution is -0.161. The zero-order valence-corrected chi connectivity index (χ0v) is 60.6. The Morgan fingerprint density at radius 2 is 0.648 bits per heavy atom. The molecule has 0 amide bonds. The van der Waals surface area contributed by atoms with Gasteiger partial charge in [-0.25, -0.2) is 9.13 Å². The molecule has 0 aromatic heterocycles. The molecule has 0 aliphatic rings. The second kappa shape index (κ2) is 62.4. The number of aliphatic hydroxyl groups excluding tert-OH is 1. The first-order chi connectivity index (χ1) is 43.8. The van der Waals surface area contributed by atoms with Crippen LogP contribution < -0.4 is 0 Å². The van der Waals surface area contributed by atoms with E-state index in [2.05, 4.69) is 72.8 Å². The van der Waals surface area contributed by atoms with Gasteiger partial charge < -0.3 is 33.8 Å². The molecule has 0 spiro atoms. The molecule has 6 atom stereocenters. The fourth-order valence-corrected chi connectivity index (χ4v) is 11.9. The van der Waals surface area contributed by atoms with Crippen molar-refractivity contribution >= 4 is 39.5 Å². The van der Waals surface area contributed by atoms with Crippen molar-refractivity contribution in [2.75, 3.05) is 39.6 Å². The van der Waals surface area contributed by atoms with Crippen LogP contribution in [0.5, 0.6) is 0 Å². The molecule has 0 aromatic carbocycles.